The zero-order valence-corrected chi connectivity index (χ0v) is 14.0. The number of benzene rings is 1. The maximum atomic E-state index is 13.6. The second-order valence-corrected chi connectivity index (χ2v) is 6.47. The number of aryl methyl sites for hydroxylation is 2. The first-order chi connectivity index (χ1) is 9.86. The summed E-state index contributed by atoms with van der Waals surface area (Å²) in [5, 5.41) is 3.62. The van der Waals surface area contributed by atoms with E-state index in [0.29, 0.717) is 11.8 Å². The zero-order chi connectivity index (χ0) is 15.7. The van der Waals surface area contributed by atoms with E-state index in [0.717, 1.165) is 17.7 Å². The summed E-state index contributed by atoms with van der Waals surface area (Å²) in [7, 11) is 0. The van der Waals surface area contributed by atoms with Crippen LogP contribution in [0, 0.1) is 31.5 Å². The minimum absolute atomic E-state index is 0.152. The van der Waals surface area contributed by atoms with Crippen molar-refractivity contribution in [2.24, 2.45) is 11.8 Å². The molecule has 0 radical (unpaired) electrons. The Morgan fingerprint density at radius 2 is 1.71 bits per heavy atom. The number of nitrogens with one attached hydrogen (secondary N) is 1. The molecule has 2 rings (SSSR count). The molecule has 5 unspecified atom stereocenters. The van der Waals surface area contributed by atoms with Crippen molar-refractivity contribution in [3.8, 4) is 0 Å². The molecule has 0 spiro atoms. The van der Waals surface area contributed by atoms with Crippen LogP contribution in [0.25, 0.3) is 0 Å². The largest absolute Gasteiger partial charge is 0.375 e. The van der Waals surface area contributed by atoms with Crippen molar-refractivity contribution in [3.63, 3.8) is 0 Å². The molecule has 21 heavy (non-hydrogen) atoms. The Morgan fingerprint density at radius 1 is 1.14 bits per heavy atom. The number of ether oxygens (including phenoxy) is 1. The van der Waals surface area contributed by atoms with Crippen LogP contribution in [0.5, 0.6) is 0 Å². The third-order valence-electron chi connectivity index (χ3n) is 5.00. The molecule has 5 atom stereocenters. The van der Waals surface area contributed by atoms with Crippen LogP contribution in [0.2, 0.25) is 0 Å². The van der Waals surface area contributed by atoms with Gasteiger partial charge < -0.3 is 10.1 Å². The summed E-state index contributed by atoms with van der Waals surface area (Å²) in [6.45, 7) is 13.6. The Balaban J connectivity index is 2.45. The van der Waals surface area contributed by atoms with E-state index in [-0.39, 0.29) is 24.1 Å². The van der Waals surface area contributed by atoms with Gasteiger partial charge in [-0.3, -0.25) is 0 Å². The molecule has 0 aliphatic carbocycles. The van der Waals surface area contributed by atoms with E-state index in [1.54, 1.807) is 12.1 Å². The fraction of sp³-hybridized carbons (Fsp3) is 0.667. The Kier molecular flexibility index (Phi) is 5.05. The minimum Gasteiger partial charge on any atom is -0.375 e. The summed E-state index contributed by atoms with van der Waals surface area (Å²) in [5.74, 6) is 0.733. The monoisotopic (exact) mass is 293 g/mol. The van der Waals surface area contributed by atoms with Gasteiger partial charge in [0.15, 0.2) is 0 Å². The molecule has 3 heteroatoms. The summed E-state index contributed by atoms with van der Waals surface area (Å²) in [4.78, 5) is 0. The maximum absolute atomic E-state index is 13.6. The van der Waals surface area contributed by atoms with E-state index in [4.69, 9.17) is 4.74 Å². The lowest BCUT2D eigenvalue weighted by molar-refractivity contribution is 0.0475. The zero-order valence-electron chi connectivity index (χ0n) is 14.0. The van der Waals surface area contributed by atoms with E-state index in [9.17, 15) is 4.39 Å². The van der Waals surface area contributed by atoms with Gasteiger partial charge in [-0.05, 0) is 69.0 Å². The van der Waals surface area contributed by atoms with Gasteiger partial charge in [-0.15, -0.1) is 0 Å². The maximum Gasteiger partial charge on any atom is 0.123 e. The number of halogens is 1. The number of hydrogen-bond donors (Lipinski definition) is 1. The molecular formula is C18H28FNO. The highest BCUT2D eigenvalue weighted by Crippen LogP contribution is 2.42. The summed E-state index contributed by atoms with van der Waals surface area (Å²) in [6, 6.07) is 3.49. The summed E-state index contributed by atoms with van der Waals surface area (Å²) in [6.07, 6.45) is 0.482. The van der Waals surface area contributed by atoms with Crippen LogP contribution in [0.15, 0.2) is 12.1 Å². The Bertz CT molecular complexity index is 479. The topological polar surface area (TPSA) is 21.3 Å². The average molecular weight is 293 g/mol. The molecule has 1 aliphatic heterocycles. The fourth-order valence-corrected chi connectivity index (χ4v) is 3.93. The van der Waals surface area contributed by atoms with Gasteiger partial charge in [-0.1, -0.05) is 13.8 Å². The Labute approximate surface area is 128 Å². The lowest BCUT2D eigenvalue weighted by Crippen LogP contribution is -2.36. The van der Waals surface area contributed by atoms with E-state index < -0.39 is 0 Å². The van der Waals surface area contributed by atoms with Gasteiger partial charge in [0, 0.05) is 12.0 Å². The normalized spacial score (nSPS) is 30.6. The molecule has 118 valence electrons. The van der Waals surface area contributed by atoms with Gasteiger partial charge in [-0.25, -0.2) is 4.39 Å². The van der Waals surface area contributed by atoms with E-state index in [1.807, 2.05) is 13.8 Å². The highest BCUT2D eigenvalue weighted by atomic mass is 19.1. The van der Waals surface area contributed by atoms with Gasteiger partial charge in [0.05, 0.1) is 12.2 Å². The first-order valence-corrected chi connectivity index (χ1v) is 8.02. The molecule has 1 fully saturated rings. The summed E-state index contributed by atoms with van der Waals surface area (Å²) in [5.41, 5.74) is 3.29. The van der Waals surface area contributed by atoms with Crippen molar-refractivity contribution in [2.45, 2.75) is 59.8 Å². The summed E-state index contributed by atoms with van der Waals surface area (Å²) >= 11 is 0. The van der Waals surface area contributed by atoms with E-state index in [2.05, 4.69) is 33.0 Å². The van der Waals surface area contributed by atoms with Crippen molar-refractivity contribution in [1.29, 1.82) is 0 Å². The molecule has 0 bridgehead atoms. The van der Waals surface area contributed by atoms with Crippen molar-refractivity contribution in [2.75, 3.05) is 6.54 Å². The Morgan fingerprint density at radius 3 is 2.14 bits per heavy atom. The van der Waals surface area contributed by atoms with E-state index >= 15 is 0 Å². The molecule has 1 heterocycles. The van der Waals surface area contributed by atoms with Crippen LogP contribution in [-0.2, 0) is 4.74 Å². The molecule has 0 saturated carbocycles. The SMILES string of the molecule is CCNC(c1c(C)cc(F)cc1C)C1C(C)OC(C)C1C. The van der Waals surface area contributed by atoms with Crippen molar-refractivity contribution in [3.05, 3.63) is 34.6 Å². The predicted molar refractivity (Wildman–Crippen MR) is 85.0 cm³/mol. The van der Waals surface area contributed by atoms with Crippen molar-refractivity contribution >= 4 is 0 Å². The molecule has 1 aromatic rings. The van der Waals surface area contributed by atoms with Gasteiger partial charge in [0.2, 0.25) is 0 Å². The highest BCUT2D eigenvalue weighted by Gasteiger charge is 2.42. The van der Waals surface area contributed by atoms with Crippen LogP contribution in [0.1, 0.15) is 50.4 Å². The third-order valence-corrected chi connectivity index (χ3v) is 5.00. The minimum atomic E-state index is -0.152. The smallest absolute Gasteiger partial charge is 0.123 e. The first kappa shape index (κ1) is 16.4. The predicted octanol–water partition coefficient (Wildman–Crippen LogP) is 4.15. The third kappa shape index (κ3) is 3.14. The molecule has 1 N–H and O–H groups in total. The van der Waals surface area contributed by atoms with Gasteiger partial charge in [-0.2, -0.15) is 0 Å². The van der Waals surface area contributed by atoms with Crippen LogP contribution in [0.4, 0.5) is 4.39 Å². The van der Waals surface area contributed by atoms with Crippen molar-refractivity contribution < 1.29 is 9.13 Å². The van der Waals surface area contributed by atoms with Crippen LogP contribution >= 0.6 is 0 Å². The van der Waals surface area contributed by atoms with Crippen LogP contribution in [-0.4, -0.2) is 18.8 Å². The first-order valence-electron chi connectivity index (χ1n) is 8.02. The number of rotatable bonds is 4. The lowest BCUT2D eigenvalue weighted by Gasteiger charge is -2.32. The molecule has 2 nitrogen and oxygen atoms in total. The Hall–Kier alpha value is -0.930. The van der Waals surface area contributed by atoms with Crippen LogP contribution in [0.3, 0.4) is 0 Å². The summed E-state index contributed by atoms with van der Waals surface area (Å²) < 4.78 is 19.6. The molecule has 0 aromatic heterocycles. The molecule has 1 saturated heterocycles. The second kappa shape index (κ2) is 6.45. The lowest BCUT2D eigenvalue weighted by atomic mass is 9.78. The van der Waals surface area contributed by atoms with Crippen LogP contribution < -0.4 is 5.32 Å². The van der Waals surface area contributed by atoms with E-state index in [1.165, 1.54) is 5.56 Å². The van der Waals surface area contributed by atoms with Gasteiger partial charge >= 0.3 is 0 Å². The van der Waals surface area contributed by atoms with Gasteiger partial charge in [0.1, 0.15) is 5.82 Å². The van der Waals surface area contributed by atoms with Crippen molar-refractivity contribution in [1.82, 2.24) is 5.32 Å². The average Bonchev–Trinajstić information content (AvgIpc) is 2.61. The molecular weight excluding hydrogens is 265 g/mol. The highest BCUT2D eigenvalue weighted by molar-refractivity contribution is 5.37. The molecule has 1 aliphatic rings. The quantitative estimate of drug-likeness (QED) is 0.900. The molecule has 1 aromatic carbocycles. The fourth-order valence-electron chi connectivity index (χ4n) is 3.93. The standard InChI is InChI=1S/C18H28FNO/c1-7-20-18(17-12(4)13(5)21-14(17)6)16-10(2)8-15(19)9-11(16)3/h8-9,12-14,17-18,20H,7H2,1-6H3. The van der Waals surface area contributed by atoms with Gasteiger partial charge in [0.25, 0.3) is 0 Å². The second-order valence-electron chi connectivity index (χ2n) is 6.47. The molecule has 0 amide bonds. The number of hydrogen-bond acceptors (Lipinski definition) is 2.